The minimum absolute atomic E-state index is 0.146. The first kappa shape index (κ1) is 17.8. The lowest BCUT2D eigenvalue weighted by Gasteiger charge is -2.21. The van der Waals surface area contributed by atoms with E-state index in [4.69, 9.17) is 14.6 Å². The van der Waals surface area contributed by atoms with Gasteiger partial charge in [0.2, 0.25) is 0 Å². The number of rotatable bonds is 11. The molecule has 0 aliphatic rings. The topological polar surface area (TPSA) is 71.0 Å². The SMILES string of the molecule is CC(C)OCCOCC(O)CNC(C)C(C)CO. The van der Waals surface area contributed by atoms with Gasteiger partial charge in [-0.15, -0.1) is 0 Å². The lowest BCUT2D eigenvalue weighted by atomic mass is 10.1. The van der Waals surface area contributed by atoms with E-state index in [0.717, 1.165) is 0 Å². The molecule has 0 amide bonds. The van der Waals surface area contributed by atoms with Crippen LogP contribution in [-0.2, 0) is 9.47 Å². The van der Waals surface area contributed by atoms with Crippen LogP contribution in [0.25, 0.3) is 0 Å². The number of ether oxygens (including phenoxy) is 2. The zero-order valence-electron chi connectivity index (χ0n) is 12.1. The molecule has 18 heavy (non-hydrogen) atoms. The summed E-state index contributed by atoms with van der Waals surface area (Å²) in [4.78, 5) is 0. The van der Waals surface area contributed by atoms with Crippen molar-refractivity contribution in [2.45, 2.75) is 45.9 Å². The third-order valence-corrected chi connectivity index (χ3v) is 2.81. The number of nitrogens with one attached hydrogen (secondary N) is 1. The Morgan fingerprint density at radius 2 is 1.78 bits per heavy atom. The second-order valence-corrected chi connectivity index (χ2v) is 5.01. The molecule has 0 aliphatic carbocycles. The highest BCUT2D eigenvalue weighted by molar-refractivity contribution is 4.69. The van der Waals surface area contributed by atoms with Crippen LogP contribution in [0.3, 0.4) is 0 Å². The van der Waals surface area contributed by atoms with Crippen molar-refractivity contribution in [3.63, 3.8) is 0 Å². The molecule has 0 aliphatic heterocycles. The fourth-order valence-corrected chi connectivity index (χ4v) is 1.30. The Labute approximate surface area is 110 Å². The molecule has 0 fully saturated rings. The molecule has 3 unspecified atom stereocenters. The molecule has 0 aromatic rings. The van der Waals surface area contributed by atoms with E-state index in [1.165, 1.54) is 0 Å². The maximum atomic E-state index is 9.67. The Morgan fingerprint density at radius 1 is 1.11 bits per heavy atom. The summed E-state index contributed by atoms with van der Waals surface area (Å²) in [5.74, 6) is 0.178. The molecule has 0 saturated carbocycles. The summed E-state index contributed by atoms with van der Waals surface area (Å²) in [6.07, 6.45) is -0.321. The van der Waals surface area contributed by atoms with Gasteiger partial charge in [0.25, 0.3) is 0 Å². The predicted molar refractivity (Wildman–Crippen MR) is 71.6 cm³/mol. The normalized spacial score (nSPS) is 16.8. The molecule has 0 spiro atoms. The molecule has 110 valence electrons. The first-order valence-electron chi connectivity index (χ1n) is 6.69. The first-order valence-corrected chi connectivity index (χ1v) is 6.69. The van der Waals surface area contributed by atoms with Gasteiger partial charge in [-0.05, 0) is 26.7 Å². The Kier molecular flexibility index (Phi) is 10.6. The predicted octanol–water partition coefficient (Wildman–Crippen LogP) is 0.395. The summed E-state index contributed by atoms with van der Waals surface area (Å²) >= 11 is 0. The molecule has 0 saturated heterocycles. The summed E-state index contributed by atoms with van der Waals surface area (Å²) in [6.45, 7) is 9.87. The lowest BCUT2D eigenvalue weighted by Crippen LogP contribution is -2.40. The van der Waals surface area contributed by atoms with E-state index in [2.05, 4.69) is 5.32 Å². The minimum Gasteiger partial charge on any atom is -0.396 e. The van der Waals surface area contributed by atoms with E-state index in [1.54, 1.807) is 0 Å². The molecule has 0 rings (SSSR count). The number of aliphatic hydroxyl groups is 2. The van der Waals surface area contributed by atoms with Crippen LogP contribution in [0.5, 0.6) is 0 Å². The van der Waals surface area contributed by atoms with Crippen LogP contribution in [0.15, 0.2) is 0 Å². The van der Waals surface area contributed by atoms with Gasteiger partial charge in [0.05, 0.1) is 32.0 Å². The monoisotopic (exact) mass is 263 g/mol. The fourth-order valence-electron chi connectivity index (χ4n) is 1.30. The van der Waals surface area contributed by atoms with Crippen molar-refractivity contribution < 1.29 is 19.7 Å². The van der Waals surface area contributed by atoms with Gasteiger partial charge in [-0.2, -0.15) is 0 Å². The van der Waals surface area contributed by atoms with E-state index in [-0.39, 0.29) is 24.7 Å². The van der Waals surface area contributed by atoms with Crippen LogP contribution in [0.1, 0.15) is 27.7 Å². The van der Waals surface area contributed by atoms with Crippen LogP contribution < -0.4 is 5.32 Å². The maximum Gasteiger partial charge on any atom is 0.0897 e. The van der Waals surface area contributed by atoms with Gasteiger partial charge in [0.1, 0.15) is 0 Å². The van der Waals surface area contributed by atoms with Crippen molar-refractivity contribution in [1.82, 2.24) is 5.32 Å². The fraction of sp³-hybridized carbons (Fsp3) is 1.00. The van der Waals surface area contributed by atoms with Crippen molar-refractivity contribution in [2.75, 3.05) is 33.0 Å². The van der Waals surface area contributed by atoms with Gasteiger partial charge in [0, 0.05) is 19.2 Å². The lowest BCUT2D eigenvalue weighted by molar-refractivity contribution is -0.0108. The molecular formula is C13H29NO4. The molecule has 5 heteroatoms. The van der Waals surface area contributed by atoms with E-state index in [1.807, 2.05) is 27.7 Å². The van der Waals surface area contributed by atoms with Crippen LogP contribution in [-0.4, -0.2) is 61.4 Å². The molecular weight excluding hydrogens is 234 g/mol. The molecule has 5 nitrogen and oxygen atoms in total. The molecule has 0 aromatic heterocycles. The first-order chi connectivity index (χ1) is 8.47. The Hall–Kier alpha value is -0.200. The molecule has 3 atom stereocenters. The van der Waals surface area contributed by atoms with Gasteiger partial charge in [-0.1, -0.05) is 6.92 Å². The Balaban J connectivity index is 3.45. The maximum absolute atomic E-state index is 9.67. The second kappa shape index (κ2) is 10.7. The average molecular weight is 263 g/mol. The number of hydrogen-bond donors (Lipinski definition) is 3. The van der Waals surface area contributed by atoms with Crippen molar-refractivity contribution in [2.24, 2.45) is 5.92 Å². The van der Waals surface area contributed by atoms with Crippen LogP contribution in [0.4, 0.5) is 0 Å². The van der Waals surface area contributed by atoms with E-state index in [9.17, 15) is 5.11 Å². The average Bonchev–Trinajstić information content (AvgIpc) is 2.34. The van der Waals surface area contributed by atoms with Crippen molar-refractivity contribution >= 4 is 0 Å². The third kappa shape index (κ3) is 9.79. The zero-order chi connectivity index (χ0) is 14.0. The van der Waals surface area contributed by atoms with Gasteiger partial charge in [0.15, 0.2) is 0 Å². The number of hydrogen-bond acceptors (Lipinski definition) is 5. The summed E-state index contributed by atoms with van der Waals surface area (Å²) < 4.78 is 10.6. The van der Waals surface area contributed by atoms with Crippen molar-refractivity contribution in [3.8, 4) is 0 Å². The zero-order valence-corrected chi connectivity index (χ0v) is 12.1. The third-order valence-electron chi connectivity index (χ3n) is 2.81. The van der Waals surface area contributed by atoms with E-state index in [0.29, 0.717) is 26.4 Å². The summed E-state index contributed by atoms with van der Waals surface area (Å²) in [7, 11) is 0. The summed E-state index contributed by atoms with van der Waals surface area (Å²) in [5.41, 5.74) is 0. The van der Waals surface area contributed by atoms with Gasteiger partial charge >= 0.3 is 0 Å². The van der Waals surface area contributed by atoms with E-state index < -0.39 is 6.10 Å². The van der Waals surface area contributed by atoms with Crippen molar-refractivity contribution in [3.05, 3.63) is 0 Å². The quantitative estimate of drug-likeness (QED) is 0.471. The van der Waals surface area contributed by atoms with Gasteiger partial charge in [-0.25, -0.2) is 0 Å². The summed E-state index contributed by atoms with van der Waals surface area (Å²) in [5, 5.41) is 21.8. The van der Waals surface area contributed by atoms with Crippen LogP contribution >= 0.6 is 0 Å². The van der Waals surface area contributed by atoms with Gasteiger partial charge < -0.3 is 25.0 Å². The second-order valence-electron chi connectivity index (χ2n) is 5.01. The highest BCUT2D eigenvalue weighted by Gasteiger charge is 2.12. The Morgan fingerprint density at radius 3 is 2.33 bits per heavy atom. The molecule has 3 N–H and O–H groups in total. The van der Waals surface area contributed by atoms with Crippen LogP contribution in [0.2, 0.25) is 0 Å². The highest BCUT2D eigenvalue weighted by Crippen LogP contribution is 2.00. The minimum atomic E-state index is -0.530. The molecule has 0 heterocycles. The summed E-state index contributed by atoms with van der Waals surface area (Å²) in [6, 6.07) is 0.175. The molecule has 0 radical (unpaired) electrons. The highest BCUT2D eigenvalue weighted by atomic mass is 16.5. The van der Waals surface area contributed by atoms with Crippen molar-refractivity contribution in [1.29, 1.82) is 0 Å². The Bertz CT molecular complexity index is 190. The van der Waals surface area contributed by atoms with Crippen LogP contribution in [0, 0.1) is 5.92 Å². The number of aliphatic hydroxyl groups excluding tert-OH is 2. The molecule has 0 aromatic carbocycles. The smallest absolute Gasteiger partial charge is 0.0897 e. The molecule has 0 bridgehead atoms. The van der Waals surface area contributed by atoms with Gasteiger partial charge in [-0.3, -0.25) is 0 Å². The van der Waals surface area contributed by atoms with E-state index >= 15 is 0 Å². The largest absolute Gasteiger partial charge is 0.396 e. The standard InChI is InChI=1S/C13H29NO4/c1-10(2)18-6-5-17-9-13(16)7-14-12(4)11(3)8-15/h10-16H,5-9H2,1-4H3.